The molecule has 0 bridgehead atoms. The number of hydrogen-bond donors (Lipinski definition) is 0. The van der Waals surface area contributed by atoms with Gasteiger partial charge >= 0.3 is 0 Å². The molecule has 7 aromatic carbocycles. The Kier molecular flexibility index (Phi) is 7.45. The lowest BCUT2D eigenvalue weighted by Crippen LogP contribution is -2.00. The van der Waals surface area contributed by atoms with Gasteiger partial charge in [-0.25, -0.2) is 19.9 Å². The monoisotopic (exact) mass is 638 g/mol. The van der Waals surface area contributed by atoms with Crippen molar-refractivity contribution in [3.63, 3.8) is 0 Å². The highest BCUT2D eigenvalue weighted by Crippen LogP contribution is 2.37. The maximum atomic E-state index is 5.23. The minimum absolute atomic E-state index is 0.607. The summed E-state index contributed by atoms with van der Waals surface area (Å²) in [6.07, 6.45) is 0. The van der Waals surface area contributed by atoms with Crippen molar-refractivity contribution in [2.45, 2.75) is 0 Å². The fraction of sp³-hybridized carbons (Fsp3) is 0. The van der Waals surface area contributed by atoms with Crippen molar-refractivity contribution >= 4 is 21.7 Å². The summed E-state index contributed by atoms with van der Waals surface area (Å²) < 4.78 is 0. The summed E-state index contributed by atoms with van der Waals surface area (Å²) in [4.78, 5) is 20.3. The average molecular weight is 639 g/mol. The predicted molar refractivity (Wildman–Crippen MR) is 205 cm³/mol. The summed E-state index contributed by atoms with van der Waals surface area (Å²) in [5, 5.41) is 3.54. The molecule has 0 unspecified atom stereocenters. The van der Waals surface area contributed by atoms with Gasteiger partial charge in [0.25, 0.3) is 0 Å². The summed E-state index contributed by atoms with van der Waals surface area (Å²) >= 11 is 0. The lowest BCUT2D eigenvalue weighted by Gasteiger charge is -2.14. The van der Waals surface area contributed by atoms with Crippen molar-refractivity contribution in [3.05, 3.63) is 182 Å². The van der Waals surface area contributed by atoms with Crippen LogP contribution in [0.3, 0.4) is 0 Å². The summed E-state index contributed by atoms with van der Waals surface area (Å²) in [5.41, 5.74) is 10.2. The molecule has 4 heteroatoms. The van der Waals surface area contributed by atoms with Crippen LogP contribution in [0.15, 0.2) is 182 Å². The normalized spacial score (nSPS) is 11.2. The van der Waals surface area contributed by atoms with E-state index < -0.39 is 0 Å². The Morgan fingerprint density at radius 2 is 0.800 bits per heavy atom. The third kappa shape index (κ3) is 5.59. The van der Waals surface area contributed by atoms with E-state index in [2.05, 4.69) is 146 Å². The van der Waals surface area contributed by atoms with Gasteiger partial charge in [-0.2, -0.15) is 0 Å². The van der Waals surface area contributed by atoms with Crippen molar-refractivity contribution in [3.8, 4) is 67.7 Å². The maximum absolute atomic E-state index is 5.23. The quantitative estimate of drug-likeness (QED) is 0.170. The molecule has 2 heterocycles. The largest absolute Gasteiger partial charge is 0.248 e. The van der Waals surface area contributed by atoms with Gasteiger partial charge in [0.05, 0.1) is 11.2 Å². The average Bonchev–Trinajstić information content (AvgIpc) is 3.21. The molecule has 0 fully saturated rings. The second-order valence-corrected chi connectivity index (χ2v) is 12.3. The van der Waals surface area contributed by atoms with Crippen LogP contribution in [0.5, 0.6) is 0 Å². The van der Waals surface area contributed by atoms with Gasteiger partial charge in [0, 0.05) is 27.6 Å². The van der Waals surface area contributed by atoms with E-state index in [1.165, 1.54) is 10.8 Å². The minimum atomic E-state index is 0.607. The molecule has 0 aliphatic carbocycles. The van der Waals surface area contributed by atoms with E-state index >= 15 is 0 Å². The van der Waals surface area contributed by atoms with Gasteiger partial charge in [-0.3, -0.25) is 0 Å². The fourth-order valence-corrected chi connectivity index (χ4v) is 6.64. The first-order chi connectivity index (χ1) is 24.8. The number of fused-ring (bicyclic) bond motifs is 3. The molecule has 0 N–H and O–H groups in total. The molecular formula is C46H30N4. The third-order valence-electron chi connectivity index (χ3n) is 9.09. The lowest BCUT2D eigenvalue weighted by molar-refractivity contribution is 1.07. The second kappa shape index (κ2) is 12.7. The van der Waals surface area contributed by atoms with Crippen molar-refractivity contribution in [1.29, 1.82) is 0 Å². The van der Waals surface area contributed by atoms with Crippen LogP contribution in [0.2, 0.25) is 0 Å². The van der Waals surface area contributed by atoms with Gasteiger partial charge < -0.3 is 0 Å². The fourth-order valence-electron chi connectivity index (χ4n) is 6.64. The van der Waals surface area contributed by atoms with Gasteiger partial charge in [-0.1, -0.05) is 158 Å². The number of pyridine rings is 1. The molecule has 0 spiro atoms. The first-order valence-electron chi connectivity index (χ1n) is 16.7. The molecule has 9 rings (SSSR count). The molecule has 2 aromatic heterocycles. The van der Waals surface area contributed by atoms with Crippen LogP contribution >= 0.6 is 0 Å². The number of rotatable bonds is 6. The Morgan fingerprint density at radius 3 is 1.48 bits per heavy atom. The number of hydrogen-bond acceptors (Lipinski definition) is 4. The molecule has 0 saturated heterocycles. The zero-order valence-electron chi connectivity index (χ0n) is 27.1. The summed E-state index contributed by atoms with van der Waals surface area (Å²) in [6, 6.07) is 62.8. The summed E-state index contributed by atoms with van der Waals surface area (Å²) in [6.45, 7) is 0. The van der Waals surface area contributed by atoms with E-state index in [1.54, 1.807) is 0 Å². The van der Waals surface area contributed by atoms with Gasteiger partial charge in [-0.15, -0.1) is 0 Å². The standard InChI is InChI=1S/C46H30N4/c1-4-14-31(15-5-1)35-21-12-23-37(28-35)45-48-44(34-19-8-3-9-20-34)49-46(50-45)38-24-13-22-36(29-38)42-30-40(32-16-6-2-7-17-32)43-39-25-11-10-18-33(39)26-27-41(43)47-42/h1-30H. The van der Waals surface area contributed by atoms with E-state index in [-0.39, 0.29) is 0 Å². The highest BCUT2D eigenvalue weighted by molar-refractivity contribution is 6.13. The zero-order valence-corrected chi connectivity index (χ0v) is 27.1. The van der Waals surface area contributed by atoms with Gasteiger partial charge in [0.15, 0.2) is 17.5 Å². The second-order valence-electron chi connectivity index (χ2n) is 12.3. The van der Waals surface area contributed by atoms with Crippen LogP contribution < -0.4 is 0 Å². The van der Waals surface area contributed by atoms with Crippen LogP contribution in [0.4, 0.5) is 0 Å². The molecular weight excluding hydrogens is 609 g/mol. The van der Waals surface area contributed by atoms with E-state index in [9.17, 15) is 0 Å². The van der Waals surface area contributed by atoms with Crippen LogP contribution in [0, 0.1) is 0 Å². The van der Waals surface area contributed by atoms with Crippen LogP contribution in [0.25, 0.3) is 89.4 Å². The maximum Gasteiger partial charge on any atom is 0.164 e. The molecule has 234 valence electrons. The summed E-state index contributed by atoms with van der Waals surface area (Å²) in [7, 11) is 0. The molecule has 0 aliphatic rings. The van der Waals surface area contributed by atoms with Crippen LogP contribution in [0.1, 0.15) is 0 Å². The Balaban J connectivity index is 1.20. The number of aromatic nitrogens is 4. The predicted octanol–water partition coefficient (Wildman–Crippen LogP) is 11.6. The molecule has 0 saturated carbocycles. The molecule has 50 heavy (non-hydrogen) atoms. The van der Waals surface area contributed by atoms with Crippen molar-refractivity contribution in [1.82, 2.24) is 19.9 Å². The third-order valence-corrected chi connectivity index (χ3v) is 9.09. The highest BCUT2D eigenvalue weighted by atomic mass is 15.0. The number of nitrogens with zero attached hydrogens (tertiary/aromatic N) is 4. The Bertz CT molecular complexity index is 2640. The van der Waals surface area contributed by atoms with E-state index in [1.807, 2.05) is 36.4 Å². The SMILES string of the molecule is c1ccc(-c2cccc(-c3nc(-c4ccccc4)nc(-c4cccc(-c5cc(-c6ccccc6)c6c(ccc7ccccc76)n5)c4)n3)c2)cc1. The molecule has 0 aliphatic heterocycles. The Hall–Kier alpha value is -6.78. The number of benzene rings is 7. The lowest BCUT2D eigenvalue weighted by atomic mass is 9.94. The van der Waals surface area contributed by atoms with Gasteiger partial charge in [0.2, 0.25) is 0 Å². The van der Waals surface area contributed by atoms with E-state index in [4.69, 9.17) is 19.9 Å². The van der Waals surface area contributed by atoms with Crippen molar-refractivity contribution in [2.75, 3.05) is 0 Å². The van der Waals surface area contributed by atoms with Crippen molar-refractivity contribution in [2.24, 2.45) is 0 Å². The first kappa shape index (κ1) is 29.4. The first-order valence-corrected chi connectivity index (χ1v) is 16.7. The smallest absolute Gasteiger partial charge is 0.164 e. The van der Waals surface area contributed by atoms with Crippen molar-refractivity contribution < 1.29 is 0 Å². The van der Waals surface area contributed by atoms with Gasteiger partial charge in [-0.05, 0) is 57.3 Å². The Morgan fingerprint density at radius 1 is 0.300 bits per heavy atom. The van der Waals surface area contributed by atoms with E-state index in [0.717, 1.165) is 61.1 Å². The van der Waals surface area contributed by atoms with Crippen LogP contribution in [-0.2, 0) is 0 Å². The topological polar surface area (TPSA) is 51.6 Å². The zero-order chi connectivity index (χ0) is 33.3. The minimum Gasteiger partial charge on any atom is -0.248 e. The highest BCUT2D eigenvalue weighted by Gasteiger charge is 2.16. The summed E-state index contributed by atoms with van der Waals surface area (Å²) in [5.74, 6) is 1.86. The van der Waals surface area contributed by atoms with Gasteiger partial charge in [0.1, 0.15) is 0 Å². The molecule has 9 aromatic rings. The molecule has 0 radical (unpaired) electrons. The Labute approximate surface area is 290 Å². The molecule has 0 amide bonds. The van der Waals surface area contributed by atoms with E-state index in [0.29, 0.717) is 17.5 Å². The molecule has 0 atom stereocenters. The molecule has 4 nitrogen and oxygen atoms in total. The van der Waals surface area contributed by atoms with Crippen LogP contribution in [-0.4, -0.2) is 19.9 Å².